The van der Waals surface area contributed by atoms with Crippen molar-refractivity contribution < 1.29 is 28.2 Å². The number of ether oxygens (including phenoxy) is 1. The predicted octanol–water partition coefficient (Wildman–Crippen LogP) is 3.50. The molecule has 12 heteroatoms. The number of amides is 2. The first kappa shape index (κ1) is 26.8. The van der Waals surface area contributed by atoms with Crippen LogP contribution in [0.3, 0.4) is 0 Å². The van der Waals surface area contributed by atoms with Gasteiger partial charge in [0.15, 0.2) is 5.56 Å². The number of carbonyl (C=O) groups is 2. The number of carboxylic acids is 1. The maximum absolute atomic E-state index is 14.1. The minimum Gasteiger partial charge on any atom is -0.477 e. The number of hydrogen-bond donors (Lipinski definition) is 2. The number of rotatable bonds is 10. The van der Waals surface area contributed by atoms with Crippen LogP contribution in [0, 0.1) is 18.6 Å². The van der Waals surface area contributed by atoms with E-state index in [2.05, 4.69) is 26.5 Å². The highest BCUT2D eigenvalue weighted by Crippen LogP contribution is 2.31. The molecule has 0 saturated carbocycles. The van der Waals surface area contributed by atoms with E-state index in [0.717, 1.165) is 62.8 Å². The molecule has 3 rings (SSSR count). The molecule has 0 radical (unpaired) electrons. The average Bonchev–Trinajstić information content (AvgIpc) is 3.22. The van der Waals surface area contributed by atoms with Crippen molar-refractivity contribution in [2.24, 2.45) is 0 Å². The summed E-state index contributed by atoms with van der Waals surface area (Å²) < 4.78 is 37.2. The van der Waals surface area contributed by atoms with Gasteiger partial charge in [-0.15, -0.1) is 0 Å². The van der Waals surface area contributed by atoms with Crippen molar-refractivity contribution in [1.29, 1.82) is 0 Å². The van der Waals surface area contributed by atoms with E-state index in [1.165, 1.54) is 6.92 Å². The molecule has 1 aliphatic rings. The van der Waals surface area contributed by atoms with E-state index in [9.17, 15) is 23.5 Å². The molecule has 2 heterocycles. The number of benzene rings is 1. The summed E-state index contributed by atoms with van der Waals surface area (Å²) in [6.07, 6.45) is 0.798. The molecule has 2 amide bonds. The summed E-state index contributed by atoms with van der Waals surface area (Å²) in [7, 11) is 2.10. The van der Waals surface area contributed by atoms with Crippen LogP contribution in [0.15, 0.2) is 12.1 Å². The fourth-order valence-electron chi connectivity index (χ4n) is 3.73. The zero-order valence-corrected chi connectivity index (χ0v) is 21.0. The Hall–Kier alpha value is -2.83. The number of nitrogens with one attached hydrogen (secondary N) is 1. The number of anilines is 1. The van der Waals surface area contributed by atoms with Gasteiger partial charge in [-0.3, -0.25) is 5.32 Å². The smallest absolute Gasteiger partial charge is 0.344 e. The van der Waals surface area contributed by atoms with Crippen LogP contribution in [0.1, 0.15) is 34.8 Å². The average molecular weight is 512 g/mol. The predicted molar refractivity (Wildman–Crippen MR) is 129 cm³/mol. The summed E-state index contributed by atoms with van der Waals surface area (Å²) in [6, 6.07) is 1.61. The molecular formula is C23H31F2N5O4S. The molecule has 1 aliphatic heterocycles. The van der Waals surface area contributed by atoms with Crippen LogP contribution in [0.2, 0.25) is 0 Å². The van der Waals surface area contributed by atoms with Crippen molar-refractivity contribution in [3.63, 3.8) is 0 Å². The molecule has 0 atom stereocenters. The van der Waals surface area contributed by atoms with Crippen LogP contribution in [-0.4, -0.2) is 89.0 Å². The van der Waals surface area contributed by atoms with E-state index in [1.807, 2.05) is 6.92 Å². The largest absolute Gasteiger partial charge is 0.477 e. The van der Waals surface area contributed by atoms with Crippen molar-refractivity contribution >= 4 is 28.5 Å². The van der Waals surface area contributed by atoms with Crippen LogP contribution < -0.4 is 10.1 Å². The third-order valence-corrected chi connectivity index (χ3v) is 6.70. The molecule has 1 saturated heterocycles. The number of urea groups is 1. The van der Waals surface area contributed by atoms with Gasteiger partial charge in [-0.05, 0) is 63.1 Å². The highest BCUT2D eigenvalue weighted by atomic mass is 32.1. The fraction of sp³-hybridized carbons (Fsp3) is 0.522. The third kappa shape index (κ3) is 7.09. The Morgan fingerprint density at radius 1 is 1.23 bits per heavy atom. The number of aromatic nitrogens is 1. The molecule has 192 valence electrons. The maximum atomic E-state index is 14.1. The Morgan fingerprint density at radius 2 is 1.94 bits per heavy atom. The third-order valence-electron chi connectivity index (χ3n) is 5.95. The van der Waals surface area contributed by atoms with Crippen molar-refractivity contribution in [2.45, 2.75) is 26.9 Å². The number of aryl methyl sites for hydroxylation is 1. The first-order chi connectivity index (χ1) is 16.7. The summed E-state index contributed by atoms with van der Waals surface area (Å²) in [5.41, 5.74) is -0.245. The SMILES string of the molecule is CCN(CCCN1CCN(C)CC1)C(=O)Nc1snc(OCc2cc(F)c(C)cc2F)c1C(=O)O. The van der Waals surface area contributed by atoms with Gasteiger partial charge < -0.3 is 24.5 Å². The Morgan fingerprint density at radius 3 is 2.60 bits per heavy atom. The Bertz CT molecular complexity index is 1040. The Balaban J connectivity index is 1.60. The lowest BCUT2D eigenvalue weighted by Crippen LogP contribution is -2.45. The second kappa shape index (κ2) is 12.2. The van der Waals surface area contributed by atoms with Gasteiger partial charge in [-0.25, -0.2) is 18.4 Å². The number of nitrogens with zero attached hydrogens (tertiary/aromatic N) is 4. The molecule has 2 aromatic rings. The van der Waals surface area contributed by atoms with Crippen molar-refractivity contribution in [3.8, 4) is 5.88 Å². The number of aromatic carboxylic acids is 1. The molecule has 1 aromatic carbocycles. The van der Waals surface area contributed by atoms with Gasteiger partial charge in [0.25, 0.3) is 0 Å². The van der Waals surface area contributed by atoms with Crippen LogP contribution in [-0.2, 0) is 6.61 Å². The van der Waals surface area contributed by atoms with E-state index in [1.54, 1.807) is 4.90 Å². The summed E-state index contributed by atoms with van der Waals surface area (Å²) in [5.74, 6) is -2.88. The quantitative estimate of drug-likeness (QED) is 0.504. The normalized spacial score (nSPS) is 14.7. The van der Waals surface area contributed by atoms with E-state index < -0.39 is 30.2 Å². The van der Waals surface area contributed by atoms with Crippen LogP contribution in [0.5, 0.6) is 5.88 Å². The number of piperazine rings is 1. The molecule has 1 fully saturated rings. The summed E-state index contributed by atoms with van der Waals surface area (Å²) >= 11 is 0.757. The van der Waals surface area contributed by atoms with E-state index >= 15 is 0 Å². The molecule has 2 N–H and O–H groups in total. The topological polar surface area (TPSA) is 98.2 Å². The number of hydrogen-bond acceptors (Lipinski definition) is 7. The van der Waals surface area contributed by atoms with E-state index in [4.69, 9.17) is 4.74 Å². The molecule has 0 spiro atoms. The van der Waals surface area contributed by atoms with Gasteiger partial charge in [0.2, 0.25) is 5.88 Å². The fourth-order valence-corrected chi connectivity index (χ4v) is 4.45. The van der Waals surface area contributed by atoms with Crippen LogP contribution in [0.25, 0.3) is 0 Å². The van der Waals surface area contributed by atoms with Crippen LogP contribution in [0.4, 0.5) is 18.6 Å². The van der Waals surface area contributed by atoms with E-state index in [0.29, 0.717) is 13.1 Å². The van der Waals surface area contributed by atoms with E-state index in [-0.39, 0.29) is 27.6 Å². The summed E-state index contributed by atoms with van der Waals surface area (Å²) in [5, 5.41) is 12.3. The van der Waals surface area contributed by atoms with Crippen LogP contribution >= 0.6 is 11.5 Å². The van der Waals surface area contributed by atoms with Gasteiger partial charge in [0.1, 0.15) is 23.2 Å². The van der Waals surface area contributed by atoms with Gasteiger partial charge >= 0.3 is 12.0 Å². The van der Waals surface area contributed by atoms with Gasteiger partial charge in [0, 0.05) is 44.8 Å². The zero-order valence-electron chi connectivity index (χ0n) is 20.1. The maximum Gasteiger partial charge on any atom is 0.344 e. The molecule has 0 aliphatic carbocycles. The standard InChI is InChI=1S/C23H31F2N5O4S/c1-4-30(7-5-6-29-10-8-28(3)9-11-29)23(33)26-21-19(22(31)32)20(27-35-21)34-14-16-13-17(24)15(2)12-18(16)25/h12-13H,4-11,14H2,1-3H3,(H,26,33)(H,31,32). The zero-order chi connectivity index (χ0) is 25.5. The number of likely N-dealkylation sites (N-methyl/N-ethyl adjacent to an activating group) is 1. The lowest BCUT2D eigenvalue weighted by atomic mass is 10.1. The number of carboxylic acid groups (broad SMARTS) is 1. The lowest BCUT2D eigenvalue weighted by Gasteiger charge is -2.32. The molecular weight excluding hydrogens is 480 g/mol. The monoisotopic (exact) mass is 511 g/mol. The molecule has 35 heavy (non-hydrogen) atoms. The lowest BCUT2D eigenvalue weighted by molar-refractivity contribution is 0.0693. The number of carbonyl (C=O) groups excluding carboxylic acids is 1. The summed E-state index contributed by atoms with van der Waals surface area (Å²) in [6.45, 7) is 8.79. The molecule has 0 bridgehead atoms. The van der Waals surface area contributed by atoms with Gasteiger partial charge in [0.05, 0.1) is 0 Å². The van der Waals surface area contributed by atoms with Gasteiger partial charge in [-0.2, -0.15) is 4.37 Å². The number of halogens is 2. The van der Waals surface area contributed by atoms with Crippen molar-refractivity contribution in [3.05, 3.63) is 40.5 Å². The minimum atomic E-state index is -1.35. The minimum absolute atomic E-state index is 0.0191. The second-order valence-electron chi connectivity index (χ2n) is 8.49. The highest BCUT2D eigenvalue weighted by Gasteiger charge is 2.25. The van der Waals surface area contributed by atoms with Crippen molar-refractivity contribution in [1.82, 2.24) is 19.1 Å². The Kier molecular flexibility index (Phi) is 9.35. The first-order valence-electron chi connectivity index (χ1n) is 11.5. The molecule has 9 nitrogen and oxygen atoms in total. The molecule has 1 aromatic heterocycles. The molecule has 0 unspecified atom stereocenters. The van der Waals surface area contributed by atoms with Gasteiger partial charge in [-0.1, -0.05) is 0 Å². The first-order valence-corrected chi connectivity index (χ1v) is 12.2. The highest BCUT2D eigenvalue weighted by molar-refractivity contribution is 7.11. The Labute approximate surface area is 207 Å². The van der Waals surface area contributed by atoms with Crippen molar-refractivity contribution in [2.75, 3.05) is 58.2 Å². The summed E-state index contributed by atoms with van der Waals surface area (Å²) in [4.78, 5) is 30.9. The second-order valence-corrected chi connectivity index (χ2v) is 9.26.